The Kier molecular flexibility index (Phi) is 3.76. The van der Waals surface area contributed by atoms with E-state index in [0.717, 1.165) is 11.1 Å². The third-order valence-electron chi connectivity index (χ3n) is 2.95. The molecule has 2 aromatic rings. The fraction of sp³-hybridized carbons (Fsp3) is 0.200. The van der Waals surface area contributed by atoms with E-state index in [1.54, 1.807) is 18.3 Å². The summed E-state index contributed by atoms with van der Waals surface area (Å²) in [4.78, 5) is 6.14. The zero-order valence-electron chi connectivity index (χ0n) is 10.9. The normalized spacial score (nSPS) is 10.0. The van der Waals surface area contributed by atoms with E-state index in [1.165, 1.54) is 12.1 Å². The second kappa shape index (κ2) is 5.49. The number of anilines is 1. The molecule has 0 aliphatic carbocycles. The molecule has 1 aromatic carbocycles. The van der Waals surface area contributed by atoms with E-state index in [1.807, 2.05) is 24.9 Å². The second-order valence-corrected chi connectivity index (χ2v) is 4.42. The van der Waals surface area contributed by atoms with Crippen molar-refractivity contribution in [2.45, 2.75) is 13.5 Å². The minimum atomic E-state index is -0.252. The highest BCUT2D eigenvalue weighted by Crippen LogP contribution is 2.20. The topological polar surface area (TPSA) is 39.9 Å². The van der Waals surface area contributed by atoms with Gasteiger partial charge < -0.3 is 4.90 Å². The Morgan fingerprint density at radius 1 is 1.26 bits per heavy atom. The van der Waals surface area contributed by atoms with Crippen molar-refractivity contribution in [3.8, 4) is 6.07 Å². The molecule has 0 fully saturated rings. The van der Waals surface area contributed by atoms with Gasteiger partial charge in [0.25, 0.3) is 0 Å². The number of halogens is 1. The summed E-state index contributed by atoms with van der Waals surface area (Å²) in [5.41, 5.74) is 2.45. The second-order valence-electron chi connectivity index (χ2n) is 4.42. The molecule has 0 bridgehead atoms. The summed E-state index contributed by atoms with van der Waals surface area (Å²) in [7, 11) is 1.87. The number of aromatic nitrogens is 1. The first-order valence-corrected chi connectivity index (χ1v) is 5.93. The van der Waals surface area contributed by atoms with Crippen molar-refractivity contribution in [1.82, 2.24) is 4.98 Å². The number of pyridine rings is 1. The molecule has 0 spiro atoms. The fourth-order valence-electron chi connectivity index (χ4n) is 1.91. The molecule has 0 saturated carbocycles. The Bertz CT molecular complexity index is 614. The maximum atomic E-state index is 12.8. The van der Waals surface area contributed by atoms with Crippen LogP contribution in [-0.4, -0.2) is 12.0 Å². The lowest BCUT2D eigenvalue weighted by molar-refractivity contribution is 0.627. The molecule has 0 N–H and O–H groups in total. The first-order chi connectivity index (χ1) is 9.11. The predicted octanol–water partition coefficient (Wildman–Crippen LogP) is 3.04. The van der Waals surface area contributed by atoms with Crippen LogP contribution in [0.1, 0.15) is 16.7 Å². The van der Waals surface area contributed by atoms with Crippen molar-refractivity contribution in [3.63, 3.8) is 0 Å². The maximum Gasteiger partial charge on any atom is 0.146 e. The van der Waals surface area contributed by atoms with Crippen LogP contribution in [0.4, 0.5) is 10.2 Å². The third-order valence-corrected chi connectivity index (χ3v) is 2.95. The number of nitrogens with zero attached hydrogens (tertiary/aromatic N) is 3. The molecule has 0 aliphatic rings. The zero-order chi connectivity index (χ0) is 13.8. The van der Waals surface area contributed by atoms with E-state index in [-0.39, 0.29) is 5.82 Å². The van der Waals surface area contributed by atoms with Gasteiger partial charge in [-0.05, 0) is 36.2 Å². The maximum absolute atomic E-state index is 12.8. The van der Waals surface area contributed by atoms with Gasteiger partial charge >= 0.3 is 0 Å². The summed E-state index contributed by atoms with van der Waals surface area (Å²) in [6, 6.07) is 10.3. The lowest BCUT2D eigenvalue weighted by Gasteiger charge is -2.20. The van der Waals surface area contributed by atoms with E-state index in [2.05, 4.69) is 11.1 Å². The van der Waals surface area contributed by atoms with E-state index in [0.29, 0.717) is 17.9 Å². The molecule has 0 radical (unpaired) electrons. The number of rotatable bonds is 3. The van der Waals surface area contributed by atoms with Crippen LogP contribution in [0.15, 0.2) is 36.5 Å². The molecule has 2 rings (SSSR count). The highest BCUT2D eigenvalue weighted by atomic mass is 19.1. The van der Waals surface area contributed by atoms with Gasteiger partial charge in [0.2, 0.25) is 0 Å². The van der Waals surface area contributed by atoms with Crippen LogP contribution < -0.4 is 4.90 Å². The van der Waals surface area contributed by atoms with Crippen molar-refractivity contribution in [2.75, 3.05) is 11.9 Å². The van der Waals surface area contributed by atoms with Gasteiger partial charge in [0.05, 0.1) is 5.56 Å². The average molecular weight is 255 g/mol. The summed E-state index contributed by atoms with van der Waals surface area (Å²) in [5.74, 6) is 0.393. The Labute approximate surface area is 111 Å². The van der Waals surface area contributed by atoms with Gasteiger partial charge in [0.1, 0.15) is 17.7 Å². The first-order valence-electron chi connectivity index (χ1n) is 5.93. The highest BCUT2D eigenvalue weighted by Gasteiger charge is 2.11. The molecule has 3 nitrogen and oxygen atoms in total. The van der Waals surface area contributed by atoms with Gasteiger partial charge in [-0.15, -0.1) is 0 Å². The van der Waals surface area contributed by atoms with Gasteiger partial charge in [-0.25, -0.2) is 9.37 Å². The van der Waals surface area contributed by atoms with Crippen LogP contribution in [0.2, 0.25) is 0 Å². The molecular formula is C15H14FN3. The standard InChI is InChI=1S/C15H14FN3/c1-11-7-8-18-15(14(11)9-17)19(2)10-12-3-5-13(16)6-4-12/h3-8H,10H2,1-2H3. The molecule has 4 heteroatoms. The lowest BCUT2D eigenvalue weighted by Crippen LogP contribution is -2.19. The Balaban J connectivity index is 2.25. The van der Waals surface area contributed by atoms with E-state index >= 15 is 0 Å². The van der Waals surface area contributed by atoms with Crippen LogP contribution in [0.3, 0.4) is 0 Å². The number of nitriles is 1. The minimum absolute atomic E-state index is 0.252. The Morgan fingerprint density at radius 3 is 2.58 bits per heavy atom. The smallest absolute Gasteiger partial charge is 0.146 e. The summed E-state index contributed by atoms with van der Waals surface area (Å²) in [5, 5.41) is 9.18. The molecule has 19 heavy (non-hydrogen) atoms. The van der Waals surface area contributed by atoms with Crippen LogP contribution in [0.25, 0.3) is 0 Å². The van der Waals surface area contributed by atoms with Crippen LogP contribution in [0, 0.1) is 24.1 Å². The summed E-state index contributed by atoms with van der Waals surface area (Å²) in [6.45, 7) is 2.46. The van der Waals surface area contributed by atoms with Crippen molar-refractivity contribution < 1.29 is 4.39 Å². The number of hydrogen-bond donors (Lipinski definition) is 0. The summed E-state index contributed by atoms with van der Waals surface area (Å²) < 4.78 is 12.8. The predicted molar refractivity (Wildman–Crippen MR) is 72.2 cm³/mol. The largest absolute Gasteiger partial charge is 0.354 e. The molecule has 0 saturated heterocycles. The van der Waals surface area contributed by atoms with E-state index in [4.69, 9.17) is 0 Å². The molecule has 1 aromatic heterocycles. The Hall–Kier alpha value is -2.41. The van der Waals surface area contributed by atoms with Crippen LogP contribution in [-0.2, 0) is 6.54 Å². The van der Waals surface area contributed by atoms with Gasteiger partial charge in [-0.3, -0.25) is 0 Å². The fourth-order valence-corrected chi connectivity index (χ4v) is 1.91. The van der Waals surface area contributed by atoms with Crippen molar-refractivity contribution >= 4 is 5.82 Å². The number of hydrogen-bond acceptors (Lipinski definition) is 3. The molecule has 0 amide bonds. The monoisotopic (exact) mass is 255 g/mol. The molecule has 0 aliphatic heterocycles. The summed E-state index contributed by atoms with van der Waals surface area (Å²) >= 11 is 0. The van der Waals surface area contributed by atoms with Crippen molar-refractivity contribution in [3.05, 3.63) is 59.0 Å². The molecule has 96 valence electrons. The first kappa shape index (κ1) is 13.0. The molecule has 1 heterocycles. The van der Waals surface area contributed by atoms with Crippen LogP contribution in [0.5, 0.6) is 0 Å². The van der Waals surface area contributed by atoms with Crippen LogP contribution >= 0.6 is 0 Å². The molecule has 0 unspecified atom stereocenters. The van der Waals surface area contributed by atoms with Gasteiger partial charge in [0, 0.05) is 19.8 Å². The SMILES string of the molecule is Cc1ccnc(N(C)Cc2ccc(F)cc2)c1C#N. The quantitative estimate of drug-likeness (QED) is 0.846. The third kappa shape index (κ3) is 2.89. The number of benzene rings is 1. The van der Waals surface area contributed by atoms with E-state index in [9.17, 15) is 9.65 Å². The van der Waals surface area contributed by atoms with Gasteiger partial charge in [-0.1, -0.05) is 12.1 Å². The zero-order valence-corrected chi connectivity index (χ0v) is 10.9. The van der Waals surface area contributed by atoms with Crippen molar-refractivity contribution in [1.29, 1.82) is 5.26 Å². The van der Waals surface area contributed by atoms with Gasteiger partial charge in [-0.2, -0.15) is 5.26 Å². The lowest BCUT2D eigenvalue weighted by atomic mass is 10.1. The molecular weight excluding hydrogens is 241 g/mol. The highest BCUT2D eigenvalue weighted by molar-refractivity contribution is 5.56. The minimum Gasteiger partial charge on any atom is -0.354 e. The molecule has 0 atom stereocenters. The summed E-state index contributed by atoms with van der Waals surface area (Å²) in [6.07, 6.45) is 1.69. The van der Waals surface area contributed by atoms with E-state index < -0.39 is 0 Å². The average Bonchev–Trinajstić information content (AvgIpc) is 2.41. The van der Waals surface area contributed by atoms with Crippen molar-refractivity contribution in [2.24, 2.45) is 0 Å². The number of aryl methyl sites for hydroxylation is 1. The Morgan fingerprint density at radius 2 is 1.95 bits per heavy atom. The van der Waals surface area contributed by atoms with Gasteiger partial charge in [0.15, 0.2) is 0 Å².